The number of sulfonamides is 1. The zero-order valence-corrected chi connectivity index (χ0v) is 12.0. The van der Waals surface area contributed by atoms with Crippen LogP contribution in [0.3, 0.4) is 0 Å². The highest BCUT2D eigenvalue weighted by Crippen LogP contribution is 2.14. The summed E-state index contributed by atoms with van der Waals surface area (Å²) in [4.78, 5) is 24.5. The van der Waals surface area contributed by atoms with E-state index >= 15 is 0 Å². The fraction of sp³-hybridized carbons (Fsp3) is 0.455. The topological polar surface area (TPSA) is 126 Å². The minimum absolute atomic E-state index is 0.0377. The highest BCUT2D eigenvalue weighted by molar-refractivity contribution is 7.89. The lowest BCUT2D eigenvalue weighted by Crippen LogP contribution is -2.44. The van der Waals surface area contributed by atoms with Gasteiger partial charge in [-0.2, -0.15) is 4.72 Å². The molecule has 0 spiro atoms. The van der Waals surface area contributed by atoms with Gasteiger partial charge in [0.05, 0.1) is 7.11 Å². The Morgan fingerprint density at radius 1 is 1.40 bits per heavy atom. The second-order valence-electron chi connectivity index (χ2n) is 4.42. The molecule has 0 amide bonds. The molecular weight excluding hydrogens is 288 g/mol. The van der Waals surface area contributed by atoms with Gasteiger partial charge in [0.2, 0.25) is 10.0 Å². The van der Waals surface area contributed by atoms with Crippen molar-refractivity contribution in [1.29, 1.82) is 0 Å². The van der Waals surface area contributed by atoms with Crippen molar-refractivity contribution in [3.8, 4) is 0 Å². The number of hydrogen-bond acceptors (Lipinski definition) is 5. The van der Waals surface area contributed by atoms with E-state index in [2.05, 4.69) is 14.4 Å². The predicted molar refractivity (Wildman–Crippen MR) is 68.7 cm³/mol. The van der Waals surface area contributed by atoms with Crippen molar-refractivity contribution in [2.45, 2.75) is 24.8 Å². The van der Waals surface area contributed by atoms with Crippen LogP contribution < -0.4 is 4.72 Å². The maximum atomic E-state index is 12.0. The number of hydrogen-bond donors (Lipinski definition) is 3. The number of carbonyl (C=O) groups is 2. The molecule has 20 heavy (non-hydrogen) atoms. The van der Waals surface area contributed by atoms with Crippen LogP contribution in [-0.2, 0) is 19.6 Å². The van der Waals surface area contributed by atoms with Gasteiger partial charge >= 0.3 is 11.9 Å². The summed E-state index contributed by atoms with van der Waals surface area (Å²) in [5.74, 6) is -2.42. The summed E-state index contributed by atoms with van der Waals surface area (Å²) < 4.78 is 30.6. The summed E-state index contributed by atoms with van der Waals surface area (Å²) in [5.41, 5.74) is -0.0377. The second kappa shape index (κ2) is 6.06. The smallest absolute Gasteiger partial charge is 0.354 e. The zero-order valence-electron chi connectivity index (χ0n) is 11.2. The van der Waals surface area contributed by atoms with E-state index in [1.807, 2.05) is 0 Å². The number of aromatic amines is 1. The number of H-pyrrole nitrogens is 1. The van der Waals surface area contributed by atoms with Gasteiger partial charge in [-0.1, -0.05) is 13.8 Å². The lowest BCUT2D eigenvalue weighted by molar-refractivity contribution is -0.140. The third kappa shape index (κ3) is 3.58. The monoisotopic (exact) mass is 304 g/mol. The minimum Gasteiger partial charge on any atom is -0.480 e. The van der Waals surface area contributed by atoms with Gasteiger partial charge in [0.15, 0.2) is 0 Å². The quantitative estimate of drug-likeness (QED) is 0.644. The van der Waals surface area contributed by atoms with Gasteiger partial charge in [0.1, 0.15) is 16.6 Å². The molecule has 1 aromatic heterocycles. The van der Waals surface area contributed by atoms with Crippen molar-refractivity contribution >= 4 is 22.0 Å². The molecule has 1 heterocycles. The van der Waals surface area contributed by atoms with Crippen LogP contribution in [0.5, 0.6) is 0 Å². The summed E-state index contributed by atoms with van der Waals surface area (Å²) >= 11 is 0. The molecule has 1 rings (SSSR count). The lowest BCUT2D eigenvalue weighted by Gasteiger charge is -2.17. The molecule has 3 N–H and O–H groups in total. The molecule has 0 aliphatic rings. The zero-order chi connectivity index (χ0) is 15.5. The molecule has 0 aromatic carbocycles. The van der Waals surface area contributed by atoms with Gasteiger partial charge in [-0.3, -0.25) is 4.79 Å². The first-order valence-electron chi connectivity index (χ1n) is 5.71. The Balaban J connectivity index is 3.02. The maximum Gasteiger partial charge on any atom is 0.354 e. The van der Waals surface area contributed by atoms with Gasteiger partial charge in [0.25, 0.3) is 0 Å². The second-order valence-corrected chi connectivity index (χ2v) is 6.14. The summed E-state index contributed by atoms with van der Waals surface area (Å²) in [6.45, 7) is 3.16. The van der Waals surface area contributed by atoms with Crippen LogP contribution in [0.4, 0.5) is 0 Å². The first-order chi connectivity index (χ1) is 9.19. The number of esters is 1. The Morgan fingerprint density at radius 2 is 2.00 bits per heavy atom. The Hall–Kier alpha value is -1.87. The van der Waals surface area contributed by atoms with Crippen molar-refractivity contribution in [3.05, 3.63) is 18.0 Å². The summed E-state index contributed by atoms with van der Waals surface area (Å²) in [7, 11) is -2.88. The largest absolute Gasteiger partial charge is 0.480 e. The summed E-state index contributed by atoms with van der Waals surface area (Å²) in [6, 6.07) is -0.176. The molecule has 112 valence electrons. The Labute approximate surface area is 116 Å². The average molecular weight is 304 g/mol. The molecule has 0 radical (unpaired) electrons. The van der Waals surface area contributed by atoms with E-state index < -0.39 is 33.9 Å². The number of methoxy groups -OCH3 is 1. The van der Waals surface area contributed by atoms with Crippen LogP contribution in [0.1, 0.15) is 24.3 Å². The van der Waals surface area contributed by atoms with E-state index in [0.29, 0.717) is 0 Å². The standard InChI is InChI=1S/C11H16N2O6S/c1-6(2)9(10(14)15)13-20(17,18)7-4-8(12-5-7)11(16)19-3/h4-6,9,12-13H,1-3H3,(H,14,15). The van der Waals surface area contributed by atoms with Crippen LogP contribution in [0.25, 0.3) is 0 Å². The fourth-order valence-electron chi connectivity index (χ4n) is 1.46. The molecule has 0 fully saturated rings. The third-order valence-electron chi connectivity index (χ3n) is 2.59. The first kappa shape index (κ1) is 16.2. The number of rotatable bonds is 6. The first-order valence-corrected chi connectivity index (χ1v) is 7.19. The van der Waals surface area contributed by atoms with E-state index in [0.717, 1.165) is 19.4 Å². The van der Waals surface area contributed by atoms with E-state index in [4.69, 9.17) is 5.11 Å². The normalized spacial score (nSPS) is 13.2. The number of nitrogens with one attached hydrogen (secondary N) is 2. The van der Waals surface area contributed by atoms with E-state index in [-0.39, 0.29) is 10.6 Å². The summed E-state index contributed by atoms with van der Waals surface area (Å²) in [5, 5.41) is 8.98. The Morgan fingerprint density at radius 3 is 2.45 bits per heavy atom. The fourth-order valence-corrected chi connectivity index (χ4v) is 2.79. The molecule has 1 unspecified atom stereocenters. The molecule has 0 saturated heterocycles. The van der Waals surface area contributed by atoms with Crippen molar-refractivity contribution in [3.63, 3.8) is 0 Å². The van der Waals surface area contributed by atoms with Crippen molar-refractivity contribution in [2.75, 3.05) is 7.11 Å². The molecule has 0 aliphatic carbocycles. The van der Waals surface area contributed by atoms with Crippen LogP contribution in [0.15, 0.2) is 17.2 Å². The van der Waals surface area contributed by atoms with Gasteiger partial charge in [-0.15, -0.1) is 0 Å². The van der Waals surface area contributed by atoms with Gasteiger partial charge in [0, 0.05) is 6.20 Å². The molecule has 0 saturated carbocycles. The maximum absolute atomic E-state index is 12.0. The number of carboxylic acids is 1. The van der Waals surface area contributed by atoms with Crippen molar-refractivity contribution in [2.24, 2.45) is 5.92 Å². The number of carboxylic acid groups (broad SMARTS) is 1. The Kier molecular flexibility index (Phi) is 4.90. The van der Waals surface area contributed by atoms with E-state index in [1.165, 1.54) is 0 Å². The van der Waals surface area contributed by atoms with Gasteiger partial charge in [-0.05, 0) is 12.0 Å². The van der Waals surface area contributed by atoms with Gasteiger partial charge in [-0.25, -0.2) is 13.2 Å². The number of aromatic nitrogens is 1. The van der Waals surface area contributed by atoms with Gasteiger partial charge < -0.3 is 14.8 Å². The number of carbonyl (C=O) groups excluding carboxylic acids is 1. The van der Waals surface area contributed by atoms with E-state index in [9.17, 15) is 18.0 Å². The van der Waals surface area contributed by atoms with E-state index in [1.54, 1.807) is 13.8 Å². The van der Waals surface area contributed by atoms with Crippen LogP contribution in [0, 0.1) is 5.92 Å². The van der Waals surface area contributed by atoms with Crippen molar-refractivity contribution < 1.29 is 27.9 Å². The SMILES string of the molecule is COC(=O)c1cc(S(=O)(=O)NC(C(=O)O)C(C)C)c[nH]1. The molecule has 9 heteroatoms. The summed E-state index contributed by atoms with van der Waals surface area (Å²) in [6.07, 6.45) is 1.09. The molecule has 8 nitrogen and oxygen atoms in total. The van der Waals surface area contributed by atoms with Crippen LogP contribution in [0.2, 0.25) is 0 Å². The highest BCUT2D eigenvalue weighted by atomic mass is 32.2. The highest BCUT2D eigenvalue weighted by Gasteiger charge is 2.29. The number of aliphatic carboxylic acids is 1. The van der Waals surface area contributed by atoms with Crippen molar-refractivity contribution in [1.82, 2.24) is 9.71 Å². The number of ether oxygens (including phenoxy) is 1. The molecule has 0 aliphatic heterocycles. The van der Waals surface area contributed by atoms with Crippen LogP contribution in [-0.4, -0.2) is 43.6 Å². The Bertz CT molecular complexity index is 604. The van der Waals surface area contributed by atoms with Crippen LogP contribution >= 0.6 is 0 Å². The third-order valence-corrected chi connectivity index (χ3v) is 4.01. The molecular formula is C11H16N2O6S. The lowest BCUT2D eigenvalue weighted by atomic mass is 10.1. The molecule has 0 bridgehead atoms. The molecule has 1 aromatic rings. The minimum atomic E-state index is -4.04. The average Bonchev–Trinajstić information content (AvgIpc) is 2.84. The predicted octanol–water partition coefficient (Wildman–Crippen LogP) is 0.189. The molecule has 1 atom stereocenters.